The van der Waals surface area contributed by atoms with Crippen LogP contribution in [0.15, 0.2) is 219 Å². The molecule has 64 heavy (non-hydrogen) atoms. The van der Waals surface area contributed by atoms with E-state index < -0.39 is 0 Å². The van der Waals surface area contributed by atoms with Crippen molar-refractivity contribution in [1.82, 2.24) is 14.5 Å². The lowest BCUT2D eigenvalue weighted by atomic mass is 9.80. The zero-order valence-electron chi connectivity index (χ0n) is 35.1. The summed E-state index contributed by atoms with van der Waals surface area (Å²) in [5.41, 5.74) is 16.9. The second-order valence-corrected chi connectivity index (χ2v) is 18.2. The highest BCUT2D eigenvalue weighted by atomic mass is 32.1. The van der Waals surface area contributed by atoms with E-state index in [9.17, 15) is 0 Å². The normalized spacial score (nSPS) is 16.6. The van der Waals surface area contributed by atoms with Crippen LogP contribution >= 0.6 is 11.3 Å². The maximum absolute atomic E-state index is 5.23. The average molecular weight is 837 g/mol. The van der Waals surface area contributed by atoms with Crippen LogP contribution in [0.1, 0.15) is 18.4 Å². The van der Waals surface area contributed by atoms with E-state index in [4.69, 9.17) is 9.97 Å². The van der Waals surface area contributed by atoms with E-state index >= 15 is 0 Å². The molecule has 13 rings (SSSR count). The minimum Gasteiger partial charge on any atom is -0.331 e. The van der Waals surface area contributed by atoms with E-state index in [0.717, 1.165) is 39.4 Å². The molecule has 5 heteroatoms. The van der Waals surface area contributed by atoms with Crippen LogP contribution in [-0.4, -0.2) is 20.1 Å². The summed E-state index contributed by atoms with van der Waals surface area (Å²) in [5.74, 6) is 0.156. The van der Waals surface area contributed by atoms with Gasteiger partial charge in [-0.25, -0.2) is 4.98 Å². The standard InChI is InChI=1S/C59H40N4S/c1-59-32-13-12-20-50(59)49-34-41(26-30-54(49)63(59)44-36-51(39-14-4-2-5-15-39)61-52(37-44)40-16-6-3-7-17-40)42-25-29-47-46-18-8-10-21-53(46)62(55(47)35-42)43-27-23-38(24-28-43)45-31-33-60-57-48-19-9-11-22-56(48)64-58(45)57/h2-37,50H,1H3. The Hall–Kier alpha value is -7.86. The van der Waals surface area contributed by atoms with Crippen LogP contribution in [0.5, 0.6) is 0 Å². The number of para-hydroxylation sites is 1. The maximum atomic E-state index is 5.23. The first-order valence-corrected chi connectivity index (χ1v) is 22.7. The first-order chi connectivity index (χ1) is 31.6. The number of rotatable bonds is 6. The molecule has 0 amide bonds. The predicted molar refractivity (Wildman–Crippen MR) is 269 cm³/mol. The predicted octanol–water partition coefficient (Wildman–Crippen LogP) is 15.7. The largest absolute Gasteiger partial charge is 0.331 e. The molecule has 2 aliphatic rings. The van der Waals surface area contributed by atoms with E-state index in [1.807, 2.05) is 17.5 Å². The van der Waals surface area contributed by atoms with E-state index in [-0.39, 0.29) is 11.5 Å². The Kier molecular flexibility index (Phi) is 8.24. The molecular formula is C59H40N4S. The summed E-state index contributed by atoms with van der Waals surface area (Å²) in [7, 11) is 0. The van der Waals surface area contributed by atoms with Gasteiger partial charge in [-0.05, 0) is 89.8 Å². The first kappa shape index (κ1) is 36.8. The fourth-order valence-electron chi connectivity index (χ4n) is 10.4. The molecule has 0 radical (unpaired) electrons. The van der Waals surface area contributed by atoms with Gasteiger partial charge in [0.1, 0.15) is 0 Å². The van der Waals surface area contributed by atoms with E-state index in [0.29, 0.717) is 0 Å². The number of thiophene rings is 1. The average Bonchev–Trinajstić information content (AvgIpc) is 3.99. The van der Waals surface area contributed by atoms with Crippen LogP contribution in [0, 0.1) is 0 Å². The summed E-state index contributed by atoms with van der Waals surface area (Å²) in [4.78, 5) is 12.6. The zero-order chi connectivity index (χ0) is 42.4. The van der Waals surface area contributed by atoms with Gasteiger partial charge >= 0.3 is 0 Å². The zero-order valence-corrected chi connectivity index (χ0v) is 35.9. The molecule has 1 aliphatic carbocycles. The summed E-state index contributed by atoms with van der Waals surface area (Å²) in [5, 5.41) is 3.70. The molecule has 7 aromatic carbocycles. The fourth-order valence-corrected chi connectivity index (χ4v) is 11.6. The van der Waals surface area contributed by atoms with Crippen molar-refractivity contribution in [2.75, 3.05) is 4.90 Å². The van der Waals surface area contributed by atoms with Crippen molar-refractivity contribution in [3.05, 3.63) is 224 Å². The molecule has 0 saturated heterocycles. The highest BCUT2D eigenvalue weighted by Gasteiger charge is 2.47. The van der Waals surface area contributed by atoms with Gasteiger partial charge in [0.25, 0.3) is 0 Å². The summed E-state index contributed by atoms with van der Waals surface area (Å²) in [6.07, 6.45) is 11.1. The molecule has 11 aromatic rings. The molecule has 4 nitrogen and oxygen atoms in total. The molecule has 0 N–H and O–H groups in total. The number of hydrogen-bond acceptors (Lipinski definition) is 4. The Morgan fingerprint density at radius 2 is 1.19 bits per heavy atom. The minimum absolute atomic E-state index is 0.156. The van der Waals surface area contributed by atoms with Crippen LogP contribution in [0.4, 0.5) is 11.4 Å². The number of aromatic nitrogens is 3. The number of benzene rings is 7. The van der Waals surface area contributed by atoms with Crippen molar-refractivity contribution < 1.29 is 0 Å². The first-order valence-electron chi connectivity index (χ1n) is 21.9. The van der Waals surface area contributed by atoms with Gasteiger partial charge in [0.05, 0.1) is 38.2 Å². The van der Waals surface area contributed by atoms with Crippen molar-refractivity contribution in [2.24, 2.45) is 0 Å². The Balaban J connectivity index is 0.925. The third kappa shape index (κ3) is 5.67. The molecule has 0 spiro atoms. The molecule has 2 atom stereocenters. The lowest BCUT2D eigenvalue weighted by molar-refractivity contribution is 0.542. The van der Waals surface area contributed by atoms with Crippen LogP contribution in [0.25, 0.3) is 92.6 Å². The van der Waals surface area contributed by atoms with Gasteiger partial charge in [-0.3, -0.25) is 4.98 Å². The molecule has 1 aliphatic heterocycles. The molecule has 0 bridgehead atoms. The summed E-state index contributed by atoms with van der Waals surface area (Å²) in [6.45, 7) is 2.37. The Morgan fingerprint density at radius 3 is 1.97 bits per heavy atom. The number of pyridine rings is 2. The monoisotopic (exact) mass is 836 g/mol. The highest BCUT2D eigenvalue weighted by Crippen LogP contribution is 2.55. The molecule has 302 valence electrons. The lowest BCUT2D eigenvalue weighted by Crippen LogP contribution is -2.42. The number of allylic oxidation sites excluding steroid dienone is 2. The van der Waals surface area contributed by atoms with Gasteiger partial charge in [0, 0.05) is 66.7 Å². The second-order valence-electron chi connectivity index (χ2n) is 17.2. The summed E-state index contributed by atoms with van der Waals surface area (Å²) < 4.78 is 4.92. The Morgan fingerprint density at radius 1 is 0.531 bits per heavy atom. The van der Waals surface area contributed by atoms with Crippen molar-refractivity contribution >= 4 is 64.8 Å². The minimum atomic E-state index is -0.319. The van der Waals surface area contributed by atoms with Crippen LogP contribution in [0.3, 0.4) is 0 Å². The van der Waals surface area contributed by atoms with Gasteiger partial charge < -0.3 is 9.47 Å². The maximum Gasteiger partial charge on any atom is 0.0894 e. The topological polar surface area (TPSA) is 34.0 Å². The third-order valence-electron chi connectivity index (χ3n) is 13.5. The molecule has 2 unspecified atom stereocenters. The van der Waals surface area contributed by atoms with Crippen molar-refractivity contribution in [1.29, 1.82) is 0 Å². The molecule has 5 heterocycles. The fraction of sp³-hybridized carbons (Fsp3) is 0.0508. The van der Waals surface area contributed by atoms with Gasteiger partial charge in [0.2, 0.25) is 0 Å². The van der Waals surface area contributed by atoms with Crippen molar-refractivity contribution in [3.63, 3.8) is 0 Å². The van der Waals surface area contributed by atoms with Crippen LogP contribution < -0.4 is 4.90 Å². The van der Waals surface area contributed by atoms with E-state index in [1.54, 1.807) is 0 Å². The quantitative estimate of drug-likeness (QED) is 0.167. The van der Waals surface area contributed by atoms with Crippen LogP contribution in [-0.2, 0) is 0 Å². The lowest BCUT2D eigenvalue weighted by Gasteiger charge is -2.39. The molecular weight excluding hydrogens is 797 g/mol. The van der Waals surface area contributed by atoms with Crippen LogP contribution in [0.2, 0.25) is 0 Å². The molecule has 4 aromatic heterocycles. The smallest absolute Gasteiger partial charge is 0.0894 e. The van der Waals surface area contributed by atoms with E-state index in [2.05, 4.69) is 229 Å². The Labute approximate surface area is 375 Å². The SMILES string of the molecule is CC12C=CC=CC1c1cc(-c3ccc4c5ccccc5n(-c5ccc(-c6ccnc7c6sc6ccccc67)cc5)c4c3)ccc1N2c1cc(-c2ccccc2)nc(-c2ccccc2)c1. The Bertz CT molecular complexity index is 3640. The van der Waals surface area contributed by atoms with Gasteiger partial charge in [-0.15, -0.1) is 11.3 Å². The second kappa shape index (κ2) is 14.3. The van der Waals surface area contributed by atoms with Gasteiger partial charge in [0.15, 0.2) is 0 Å². The summed E-state index contributed by atoms with van der Waals surface area (Å²) >= 11 is 1.82. The van der Waals surface area contributed by atoms with Gasteiger partial charge in [-0.1, -0.05) is 152 Å². The van der Waals surface area contributed by atoms with Crippen molar-refractivity contribution in [2.45, 2.75) is 18.4 Å². The van der Waals surface area contributed by atoms with Gasteiger partial charge in [-0.2, -0.15) is 0 Å². The third-order valence-corrected chi connectivity index (χ3v) is 14.7. The number of hydrogen-bond donors (Lipinski definition) is 0. The number of fused-ring (bicyclic) bond motifs is 9. The number of anilines is 2. The number of nitrogens with zero attached hydrogens (tertiary/aromatic N) is 4. The summed E-state index contributed by atoms with van der Waals surface area (Å²) in [6, 6.07) is 68.3. The molecule has 0 fully saturated rings. The highest BCUT2D eigenvalue weighted by molar-refractivity contribution is 7.26. The van der Waals surface area contributed by atoms with E-state index in [1.165, 1.54) is 70.1 Å². The van der Waals surface area contributed by atoms with Crippen molar-refractivity contribution in [3.8, 4) is 50.5 Å². The molecule has 0 saturated carbocycles.